The molecule has 0 aliphatic rings. The Morgan fingerprint density at radius 2 is 1.85 bits per heavy atom. The summed E-state index contributed by atoms with van der Waals surface area (Å²) in [5, 5.41) is 3.46. The van der Waals surface area contributed by atoms with E-state index in [1.807, 2.05) is 24.3 Å². The molecule has 0 fully saturated rings. The fourth-order valence-corrected chi connectivity index (χ4v) is 2.05. The van der Waals surface area contributed by atoms with Crippen LogP contribution in [0.1, 0.15) is 25.0 Å². The molecule has 0 amide bonds. The summed E-state index contributed by atoms with van der Waals surface area (Å²) >= 11 is 0. The number of ether oxygens (including phenoxy) is 1. The number of hydrogen-bond donors (Lipinski definition) is 1. The van der Waals surface area contributed by atoms with Crippen molar-refractivity contribution < 1.29 is 4.74 Å². The van der Waals surface area contributed by atoms with E-state index >= 15 is 0 Å². The Hall–Kier alpha value is -1.80. The molecule has 0 aliphatic heterocycles. The molecular formula is C18H23NO. The molecule has 2 aromatic carbocycles. The van der Waals surface area contributed by atoms with Gasteiger partial charge in [0.2, 0.25) is 0 Å². The highest BCUT2D eigenvalue weighted by Crippen LogP contribution is 2.25. The predicted octanol–water partition coefficient (Wildman–Crippen LogP) is 4.53. The Labute approximate surface area is 121 Å². The van der Waals surface area contributed by atoms with Crippen LogP contribution in [-0.2, 0) is 6.54 Å². The minimum absolute atomic E-state index is 0.653. The molecule has 0 atom stereocenters. The van der Waals surface area contributed by atoms with Gasteiger partial charge in [0.1, 0.15) is 11.5 Å². The van der Waals surface area contributed by atoms with E-state index in [1.165, 1.54) is 11.1 Å². The number of rotatable bonds is 6. The smallest absolute Gasteiger partial charge is 0.131 e. The van der Waals surface area contributed by atoms with Crippen LogP contribution in [0, 0.1) is 12.8 Å². The molecule has 0 saturated heterocycles. The van der Waals surface area contributed by atoms with Gasteiger partial charge in [-0.15, -0.1) is 0 Å². The van der Waals surface area contributed by atoms with Gasteiger partial charge < -0.3 is 10.1 Å². The first kappa shape index (κ1) is 14.6. The van der Waals surface area contributed by atoms with Crippen LogP contribution in [-0.4, -0.2) is 6.54 Å². The molecular weight excluding hydrogens is 246 g/mol. The second-order valence-corrected chi connectivity index (χ2v) is 5.55. The van der Waals surface area contributed by atoms with E-state index < -0.39 is 0 Å². The van der Waals surface area contributed by atoms with E-state index in [4.69, 9.17) is 4.74 Å². The monoisotopic (exact) mass is 269 g/mol. The highest BCUT2D eigenvalue weighted by molar-refractivity contribution is 5.38. The summed E-state index contributed by atoms with van der Waals surface area (Å²) < 4.78 is 6.01. The molecule has 0 aromatic heterocycles. The standard InChI is InChI=1S/C18H23NO/c1-14(2)12-19-13-16-8-4-5-10-18(16)20-17-9-6-7-15(3)11-17/h4-11,14,19H,12-13H2,1-3H3. The molecule has 20 heavy (non-hydrogen) atoms. The average molecular weight is 269 g/mol. The second-order valence-electron chi connectivity index (χ2n) is 5.55. The zero-order chi connectivity index (χ0) is 14.4. The van der Waals surface area contributed by atoms with Crippen molar-refractivity contribution >= 4 is 0 Å². The lowest BCUT2D eigenvalue weighted by atomic mass is 10.1. The van der Waals surface area contributed by atoms with Crippen LogP contribution in [0.25, 0.3) is 0 Å². The fourth-order valence-electron chi connectivity index (χ4n) is 2.05. The highest BCUT2D eigenvalue weighted by Gasteiger charge is 2.04. The van der Waals surface area contributed by atoms with Crippen molar-refractivity contribution in [3.8, 4) is 11.5 Å². The fraction of sp³-hybridized carbons (Fsp3) is 0.333. The molecule has 0 unspecified atom stereocenters. The van der Waals surface area contributed by atoms with Crippen molar-refractivity contribution in [1.29, 1.82) is 0 Å². The molecule has 0 radical (unpaired) electrons. The Bertz CT molecular complexity index is 549. The highest BCUT2D eigenvalue weighted by atomic mass is 16.5. The molecule has 0 saturated carbocycles. The van der Waals surface area contributed by atoms with Crippen molar-refractivity contribution in [3.63, 3.8) is 0 Å². The van der Waals surface area contributed by atoms with Crippen molar-refractivity contribution in [2.45, 2.75) is 27.3 Å². The van der Waals surface area contributed by atoms with E-state index in [0.29, 0.717) is 5.92 Å². The van der Waals surface area contributed by atoms with Gasteiger partial charge in [-0.1, -0.05) is 44.2 Å². The number of nitrogens with one attached hydrogen (secondary N) is 1. The van der Waals surface area contributed by atoms with Gasteiger partial charge in [0.25, 0.3) is 0 Å². The third-order valence-electron chi connectivity index (χ3n) is 3.06. The molecule has 106 valence electrons. The van der Waals surface area contributed by atoms with Crippen molar-refractivity contribution in [2.24, 2.45) is 5.92 Å². The van der Waals surface area contributed by atoms with Crippen LogP contribution < -0.4 is 10.1 Å². The lowest BCUT2D eigenvalue weighted by Gasteiger charge is -2.13. The zero-order valence-electron chi connectivity index (χ0n) is 12.5. The van der Waals surface area contributed by atoms with Gasteiger partial charge in [-0.3, -0.25) is 0 Å². The van der Waals surface area contributed by atoms with Crippen LogP contribution in [0.3, 0.4) is 0 Å². The van der Waals surface area contributed by atoms with Gasteiger partial charge in [-0.2, -0.15) is 0 Å². The maximum atomic E-state index is 6.01. The first-order valence-electron chi connectivity index (χ1n) is 7.18. The maximum absolute atomic E-state index is 6.01. The average Bonchev–Trinajstić information content (AvgIpc) is 2.40. The lowest BCUT2D eigenvalue weighted by molar-refractivity contribution is 0.469. The van der Waals surface area contributed by atoms with Crippen molar-refractivity contribution in [3.05, 3.63) is 59.7 Å². The minimum atomic E-state index is 0.653. The maximum Gasteiger partial charge on any atom is 0.131 e. The summed E-state index contributed by atoms with van der Waals surface area (Å²) in [6.07, 6.45) is 0. The van der Waals surface area contributed by atoms with Crippen LogP contribution in [0.4, 0.5) is 0 Å². The minimum Gasteiger partial charge on any atom is -0.457 e. The van der Waals surface area contributed by atoms with Gasteiger partial charge in [0.15, 0.2) is 0 Å². The Kier molecular flexibility index (Phi) is 5.19. The van der Waals surface area contributed by atoms with E-state index in [0.717, 1.165) is 24.6 Å². The van der Waals surface area contributed by atoms with E-state index in [-0.39, 0.29) is 0 Å². The molecule has 1 N–H and O–H groups in total. The molecule has 0 spiro atoms. The number of para-hydroxylation sites is 1. The molecule has 2 rings (SSSR count). The summed E-state index contributed by atoms with van der Waals surface area (Å²) in [6.45, 7) is 8.34. The molecule has 2 aromatic rings. The first-order chi connectivity index (χ1) is 9.65. The van der Waals surface area contributed by atoms with E-state index in [9.17, 15) is 0 Å². The van der Waals surface area contributed by atoms with Crippen LogP contribution in [0.2, 0.25) is 0 Å². The van der Waals surface area contributed by atoms with Crippen LogP contribution in [0.15, 0.2) is 48.5 Å². The summed E-state index contributed by atoms with van der Waals surface area (Å²) in [7, 11) is 0. The molecule has 0 aliphatic carbocycles. The molecule has 0 heterocycles. The SMILES string of the molecule is Cc1cccc(Oc2ccccc2CNCC(C)C)c1. The lowest BCUT2D eigenvalue weighted by Crippen LogP contribution is -2.19. The number of benzene rings is 2. The second kappa shape index (κ2) is 7.11. The van der Waals surface area contributed by atoms with Gasteiger partial charge >= 0.3 is 0 Å². The normalized spacial score (nSPS) is 10.8. The Morgan fingerprint density at radius 3 is 2.60 bits per heavy atom. The topological polar surface area (TPSA) is 21.3 Å². The summed E-state index contributed by atoms with van der Waals surface area (Å²) in [5.41, 5.74) is 2.40. The van der Waals surface area contributed by atoms with Crippen molar-refractivity contribution in [1.82, 2.24) is 5.32 Å². The Balaban J connectivity index is 2.07. The summed E-state index contributed by atoms with van der Waals surface area (Å²) in [6, 6.07) is 16.3. The number of hydrogen-bond acceptors (Lipinski definition) is 2. The van der Waals surface area contributed by atoms with E-state index in [1.54, 1.807) is 0 Å². The van der Waals surface area contributed by atoms with Gasteiger partial charge in [0.05, 0.1) is 0 Å². The third-order valence-corrected chi connectivity index (χ3v) is 3.06. The van der Waals surface area contributed by atoms with Gasteiger partial charge in [0, 0.05) is 12.1 Å². The van der Waals surface area contributed by atoms with Crippen LogP contribution >= 0.6 is 0 Å². The largest absolute Gasteiger partial charge is 0.457 e. The summed E-state index contributed by atoms with van der Waals surface area (Å²) in [5.74, 6) is 2.47. The third kappa shape index (κ3) is 4.39. The zero-order valence-corrected chi connectivity index (χ0v) is 12.5. The van der Waals surface area contributed by atoms with Crippen molar-refractivity contribution in [2.75, 3.05) is 6.54 Å². The van der Waals surface area contributed by atoms with Crippen LogP contribution in [0.5, 0.6) is 11.5 Å². The Morgan fingerprint density at radius 1 is 1.05 bits per heavy atom. The van der Waals surface area contributed by atoms with Gasteiger partial charge in [-0.25, -0.2) is 0 Å². The molecule has 0 bridgehead atoms. The first-order valence-corrected chi connectivity index (χ1v) is 7.18. The van der Waals surface area contributed by atoms with Gasteiger partial charge in [-0.05, 0) is 43.1 Å². The predicted molar refractivity (Wildman–Crippen MR) is 84.2 cm³/mol. The quantitative estimate of drug-likeness (QED) is 0.831. The molecule has 2 heteroatoms. The summed E-state index contributed by atoms with van der Waals surface area (Å²) in [4.78, 5) is 0. The molecule has 2 nitrogen and oxygen atoms in total. The number of aryl methyl sites for hydroxylation is 1. The van der Waals surface area contributed by atoms with E-state index in [2.05, 4.69) is 50.4 Å².